The van der Waals surface area contributed by atoms with Gasteiger partial charge in [0.25, 0.3) is 0 Å². The Morgan fingerprint density at radius 1 is 1.04 bits per heavy atom. The molecule has 0 bridgehead atoms. The minimum Gasteiger partial charge on any atom is -0.497 e. The number of ether oxygens (including phenoxy) is 1. The number of hydrogen-bond acceptors (Lipinski definition) is 5. The summed E-state index contributed by atoms with van der Waals surface area (Å²) in [7, 11) is 1.63. The molecule has 0 spiro atoms. The lowest BCUT2D eigenvalue weighted by molar-refractivity contribution is -0.121. The van der Waals surface area contributed by atoms with Crippen LogP contribution in [0.1, 0.15) is 11.4 Å². The topological polar surface area (TPSA) is 58.6 Å². The van der Waals surface area contributed by atoms with Crippen LogP contribution in [0.2, 0.25) is 0 Å². The fraction of sp³-hybridized carbons (Fsp3) is 0.286. The lowest BCUT2D eigenvalue weighted by Crippen LogP contribution is -2.50. The van der Waals surface area contributed by atoms with Gasteiger partial charge in [0.2, 0.25) is 5.91 Å². The van der Waals surface area contributed by atoms with Crippen LogP contribution in [-0.4, -0.2) is 47.5 Å². The van der Waals surface area contributed by atoms with Crippen LogP contribution in [0.4, 0.5) is 5.69 Å². The van der Waals surface area contributed by atoms with Gasteiger partial charge in [-0.3, -0.25) is 9.69 Å². The van der Waals surface area contributed by atoms with Crippen molar-refractivity contribution in [3.8, 4) is 5.75 Å². The van der Waals surface area contributed by atoms with Crippen molar-refractivity contribution in [3.05, 3.63) is 59.9 Å². The Labute approximate surface area is 158 Å². The largest absolute Gasteiger partial charge is 0.497 e. The van der Waals surface area contributed by atoms with E-state index in [1.165, 1.54) is 0 Å². The fourth-order valence-electron chi connectivity index (χ4n) is 3.39. The summed E-state index contributed by atoms with van der Waals surface area (Å²) in [5.41, 5.74) is 4.51. The minimum atomic E-state index is 0.0842. The summed E-state index contributed by atoms with van der Waals surface area (Å²) in [5, 5.41) is 0. The normalized spacial score (nSPS) is 15.3. The van der Waals surface area contributed by atoms with Gasteiger partial charge in [0.05, 0.1) is 36.1 Å². The molecule has 138 valence electrons. The van der Waals surface area contributed by atoms with Crippen molar-refractivity contribution >= 4 is 22.6 Å². The van der Waals surface area contributed by atoms with Crippen LogP contribution in [0.5, 0.6) is 5.75 Å². The van der Waals surface area contributed by atoms with E-state index in [2.05, 4.69) is 9.88 Å². The zero-order valence-corrected chi connectivity index (χ0v) is 15.6. The summed E-state index contributed by atoms with van der Waals surface area (Å²) in [6.07, 6.45) is 0. The predicted octanol–water partition coefficient (Wildman–Crippen LogP) is 2.80. The van der Waals surface area contributed by atoms with Crippen molar-refractivity contribution in [1.82, 2.24) is 14.9 Å². The summed E-state index contributed by atoms with van der Waals surface area (Å²) in [6, 6.07) is 15.5. The third-order valence-corrected chi connectivity index (χ3v) is 4.88. The van der Waals surface area contributed by atoms with Crippen LogP contribution in [-0.2, 0) is 11.3 Å². The molecule has 0 unspecified atom stereocenters. The summed E-state index contributed by atoms with van der Waals surface area (Å²) < 4.78 is 5.27. The first-order chi connectivity index (χ1) is 13.1. The van der Waals surface area contributed by atoms with Crippen LogP contribution in [0.3, 0.4) is 0 Å². The molecular weight excluding hydrogens is 340 g/mol. The standard InChI is InChI=1S/C21H22N4O2/c1-15-20(23-19-9-4-3-8-18(19)22-15)13-24-10-11-25(21(26)14-24)16-6-5-7-17(12-16)27-2/h3-9,12H,10-11,13-14H2,1-2H3. The highest BCUT2D eigenvalue weighted by Crippen LogP contribution is 2.23. The molecule has 0 aliphatic carbocycles. The van der Waals surface area contributed by atoms with E-state index < -0.39 is 0 Å². The first kappa shape index (κ1) is 17.4. The molecule has 2 heterocycles. The summed E-state index contributed by atoms with van der Waals surface area (Å²) >= 11 is 0. The van der Waals surface area contributed by atoms with Gasteiger partial charge in [0.15, 0.2) is 0 Å². The van der Waals surface area contributed by atoms with Gasteiger partial charge in [0.1, 0.15) is 5.75 Å². The Hall–Kier alpha value is -2.99. The maximum Gasteiger partial charge on any atom is 0.241 e. The monoisotopic (exact) mass is 362 g/mol. The van der Waals surface area contributed by atoms with E-state index in [0.29, 0.717) is 19.6 Å². The van der Waals surface area contributed by atoms with Gasteiger partial charge in [-0.15, -0.1) is 0 Å². The first-order valence-corrected chi connectivity index (χ1v) is 9.03. The number of para-hydroxylation sites is 2. The number of methoxy groups -OCH3 is 1. The van der Waals surface area contributed by atoms with Crippen molar-refractivity contribution in [1.29, 1.82) is 0 Å². The second-order valence-electron chi connectivity index (χ2n) is 6.70. The van der Waals surface area contributed by atoms with Crippen molar-refractivity contribution in [2.24, 2.45) is 0 Å². The third-order valence-electron chi connectivity index (χ3n) is 4.88. The molecule has 0 N–H and O–H groups in total. The molecule has 2 aromatic carbocycles. The molecule has 0 saturated carbocycles. The fourth-order valence-corrected chi connectivity index (χ4v) is 3.39. The number of hydrogen-bond donors (Lipinski definition) is 0. The van der Waals surface area contributed by atoms with Crippen molar-refractivity contribution < 1.29 is 9.53 Å². The van der Waals surface area contributed by atoms with Gasteiger partial charge in [-0.05, 0) is 31.2 Å². The number of amides is 1. The number of nitrogens with zero attached hydrogens (tertiary/aromatic N) is 4. The second kappa shape index (κ2) is 7.32. The third kappa shape index (κ3) is 3.61. The van der Waals surface area contributed by atoms with Gasteiger partial charge in [-0.2, -0.15) is 0 Å². The van der Waals surface area contributed by atoms with Crippen LogP contribution in [0.15, 0.2) is 48.5 Å². The molecular formula is C21H22N4O2. The highest BCUT2D eigenvalue weighted by atomic mass is 16.5. The Bertz CT molecular complexity index is 989. The SMILES string of the molecule is COc1cccc(N2CCN(Cc3nc4ccccc4nc3C)CC2=O)c1. The minimum absolute atomic E-state index is 0.0842. The number of anilines is 1. The summed E-state index contributed by atoms with van der Waals surface area (Å²) in [5.74, 6) is 0.839. The number of carbonyl (C=O) groups excluding carboxylic acids is 1. The van der Waals surface area contributed by atoms with Gasteiger partial charge in [-0.25, -0.2) is 9.97 Å². The molecule has 1 aromatic heterocycles. The molecule has 27 heavy (non-hydrogen) atoms. The molecule has 4 rings (SSSR count). The molecule has 0 atom stereocenters. The van der Waals surface area contributed by atoms with Gasteiger partial charge >= 0.3 is 0 Å². The van der Waals surface area contributed by atoms with Gasteiger partial charge < -0.3 is 9.64 Å². The number of rotatable bonds is 4. The quantitative estimate of drug-likeness (QED) is 0.714. The Balaban J connectivity index is 1.48. The van der Waals surface area contributed by atoms with Crippen LogP contribution >= 0.6 is 0 Å². The lowest BCUT2D eigenvalue weighted by atomic mass is 10.2. The molecule has 6 heteroatoms. The number of aryl methyl sites for hydroxylation is 1. The molecule has 1 amide bonds. The molecule has 1 aliphatic heterocycles. The van der Waals surface area contributed by atoms with Crippen LogP contribution < -0.4 is 9.64 Å². The smallest absolute Gasteiger partial charge is 0.241 e. The van der Waals surface area contributed by atoms with E-state index in [9.17, 15) is 4.79 Å². The number of aromatic nitrogens is 2. The predicted molar refractivity (Wildman–Crippen MR) is 105 cm³/mol. The second-order valence-corrected chi connectivity index (χ2v) is 6.70. The number of carbonyl (C=O) groups is 1. The first-order valence-electron chi connectivity index (χ1n) is 9.03. The zero-order valence-electron chi connectivity index (χ0n) is 15.6. The maximum atomic E-state index is 12.7. The highest BCUT2D eigenvalue weighted by molar-refractivity contribution is 5.95. The van der Waals surface area contributed by atoms with E-state index in [1.807, 2.05) is 60.4 Å². The average molecular weight is 362 g/mol. The molecule has 1 fully saturated rings. The lowest BCUT2D eigenvalue weighted by Gasteiger charge is -2.34. The van der Waals surface area contributed by atoms with Crippen LogP contribution in [0.25, 0.3) is 11.0 Å². The Morgan fingerprint density at radius 3 is 2.56 bits per heavy atom. The van der Waals surface area contributed by atoms with Crippen LogP contribution in [0, 0.1) is 6.92 Å². The molecule has 3 aromatic rings. The summed E-state index contributed by atoms with van der Waals surface area (Å²) in [6.45, 7) is 4.40. The van der Waals surface area contributed by atoms with E-state index in [-0.39, 0.29) is 5.91 Å². The highest BCUT2D eigenvalue weighted by Gasteiger charge is 2.26. The van der Waals surface area contributed by atoms with E-state index >= 15 is 0 Å². The van der Waals surface area contributed by atoms with Gasteiger partial charge in [-0.1, -0.05) is 18.2 Å². The molecule has 0 radical (unpaired) electrons. The number of piperazine rings is 1. The van der Waals surface area contributed by atoms with Gasteiger partial charge in [0, 0.05) is 31.4 Å². The summed E-state index contributed by atoms with van der Waals surface area (Å²) in [4.78, 5) is 26.0. The molecule has 1 saturated heterocycles. The van der Waals surface area contributed by atoms with Crippen molar-refractivity contribution in [3.63, 3.8) is 0 Å². The van der Waals surface area contributed by atoms with E-state index in [0.717, 1.165) is 40.4 Å². The molecule has 6 nitrogen and oxygen atoms in total. The Morgan fingerprint density at radius 2 is 1.81 bits per heavy atom. The average Bonchev–Trinajstić information content (AvgIpc) is 2.69. The Kier molecular flexibility index (Phi) is 4.73. The van der Waals surface area contributed by atoms with E-state index in [4.69, 9.17) is 9.72 Å². The molecule has 1 aliphatic rings. The number of fused-ring (bicyclic) bond motifs is 1. The van der Waals surface area contributed by atoms with Crippen molar-refractivity contribution in [2.75, 3.05) is 31.6 Å². The number of benzene rings is 2. The maximum absolute atomic E-state index is 12.7. The van der Waals surface area contributed by atoms with Crippen molar-refractivity contribution in [2.45, 2.75) is 13.5 Å². The van der Waals surface area contributed by atoms with E-state index in [1.54, 1.807) is 7.11 Å². The zero-order chi connectivity index (χ0) is 18.8.